The van der Waals surface area contributed by atoms with Crippen LogP contribution in [0.25, 0.3) is 11.1 Å². The molecule has 0 radical (unpaired) electrons. The topological polar surface area (TPSA) is 116 Å². The van der Waals surface area contributed by atoms with Crippen LogP contribution in [0.1, 0.15) is 39.1 Å². The molecule has 0 saturated heterocycles. The number of aliphatic hydroxyl groups excluding tert-OH is 2. The molecule has 0 spiro atoms. The second-order valence-corrected chi connectivity index (χ2v) is 8.17. The van der Waals surface area contributed by atoms with Crippen molar-refractivity contribution in [3.8, 4) is 11.1 Å². The summed E-state index contributed by atoms with van der Waals surface area (Å²) in [6, 6.07) is 19.9. The molecular formula is C25H22ClNO6. The third-order valence-corrected chi connectivity index (χ3v) is 6.06. The number of nitrogens with one attached hydrogen (secondary N) is 1. The average Bonchev–Trinajstić information content (AvgIpc) is 3.14. The largest absolute Gasteiger partial charge is 0.478 e. The molecule has 3 aromatic rings. The highest BCUT2D eigenvalue weighted by Crippen LogP contribution is 2.44. The van der Waals surface area contributed by atoms with Crippen molar-refractivity contribution in [2.45, 2.75) is 18.1 Å². The zero-order valence-corrected chi connectivity index (χ0v) is 18.2. The lowest BCUT2D eigenvalue weighted by Gasteiger charge is -2.20. The van der Waals surface area contributed by atoms with Gasteiger partial charge in [0.15, 0.2) is 0 Å². The van der Waals surface area contributed by atoms with Gasteiger partial charge in [0.25, 0.3) is 0 Å². The molecule has 0 heterocycles. The van der Waals surface area contributed by atoms with Gasteiger partial charge in [-0.3, -0.25) is 0 Å². The molecule has 4 rings (SSSR count). The van der Waals surface area contributed by atoms with Crippen LogP contribution < -0.4 is 5.32 Å². The maximum Gasteiger partial charge on any atom is 0.407 e. The monoisotopic (exact) mass is 467 g/mol. The molecule has 0 fully saturated rings. The van der Waals surface area contributed by atoms with E-state index in [0.29, 0.717) is 0 Å². The predicted octanol–water partition coefficient (Wildman–Crippen LogP) is 3.97. The van der Waals surface area contributed by atoms with E-state index in [1.165, 1.54) is 18.2 Å². The van der Waals surface area contributed by atoms with Gasteiger partial charge >= 0.3 is 12.1 Å². The normalized spacial score (nSPS) is 14.2. The van der Waals surface area contributed by atoms with Crippen LogP contribution >= 0.6 is 11.6 Å². The Morgan fingerprint density at radius 2 is 1.58 bits per heavy atom. The number of fused-ring (bicyclic) bond motifs is 3. The lowest BCUT2D eigenvalue weighted by atomic mass is 9.98. The van der Waals surface area contributed by atoms with Gasteiger partial charge in [-0.2, -0.15) is 0 Å². The number of hydrogen-bond donors (Lipinski definition) is 4. The Morgan fingerprint density at radius 3 is 2.18 bits per heavy atom. The number of aliphatic hydroxyl groups is 2. The second kappa shape index (κ2) is 9.62. The Hall–Kier alpha value is -3.39. The third kappa shape index (κ3) is 4.71. The Morgan fingerprint density at radius 1 is 0.970 bits per heavy atom. The number of ether oxygens (including phenoxy) is 1. The number of carboxylic acid groups (broad SMARTS) is 1. The number of aromatic carboxylic acids is 1. The van der Waals surface area contributed by atoms with E-state index in [1.807, 2.05) is 48.5 Å². The molecule has 170 valence electrons. The van der Waals surface area contributed by atoms with Crippen LogP contribution in [0.3, 0.4) is 0 Å². The van der Waals surface area contributed by atoms with Gasteiger partial charge in [0, 0.05) is 12.5 Å². The lowest BCUT2D eigenvalue weighted by molar-refractivity contribution is 0.0185. The molecule has 4 N–H and O–H groups in total. The predicted molar refractivity (Wildman–Crippen MR) is 122 cm³/mol. The number of carbonyl (C=O) groups is 2. The average molecular weight is 468 g/mol. The number of halogens is 1. The number of carboxylic acids is 1. The van der Waals surface area contributed by atoms with E-state index in [2.05, 4.69) is 5.32 Å². The Bertz CT molecular complexity index is 1150. The number of amides is 1. The number of alkyl carbamates (subject to hydrolysis) is 1. The maximum atomic E-state index is 12.3. The first-order valence-corrected chi connectivity index (χ1v) is 10.7. The summed E-state index contributed by atoms with van der Waals surface area (Å²) < 4.78 is 5.40. The van der Waals surface area contributed by atoms with Crippen molar-refractivity contribution in [3.05, 3.63) is 94.0 Å². The summed E-state index contributed by atoms with van der Waals surface area (Å²) in [5.74, 6) is -1.34. The fourth-order valence-electron chi connectivity index (χ4n) is 4.06. The van der Waals surface area contributed by atoms with Crippen molar-refractivity contribution in [3.63, 3.8) is 0 Å². The summed E-state index contributed by atoms with van der Waals surface area (Å²) in [6.07, 6.45) is -3.53. The fraction of sp³-hybridized carbons (Fsp3) is 0.200. The summed E-state index contributed by atoms with van der Waals surface area (Å²) in [7, 11) is 0. The molecule has 0 aromatic heterocycles. The Balaban J connectivity index is 1.35. The maximum absolute atomic E-state index is 12.3. The molecule has 0 bridgehead atoms. The quantitative estimate of drug-likeness (QED) is 0.418. The molecule has 0 saturated carbocycles. The minimum absolute atomic E-state index is 0.0182. The van der Waals surface area contributed by atoms with Crippen molar-refractivity contribution in [1.82, 2.24) is 5.32 Å². The van der Waals surface area contributed by atoms with Gasteiger partial charge in [0.05, 0.1) is 10.6 Å². The van der Waals surface area contributed by atoms with Gasteiger partial charge in [-0.25, -0.2) is 9.59 Å². The molecule has 7 nitrogen and oxygen atoms in total. The van der Waals surface area contributed by atoms with Crippen LogP contribution in [0.5, 0.6) is 0 Å². The number of hydrogen-bond acceptors (Lipinski definition) is 5. The van der Waals surface area contributed by atoms with E-state index >= 15 is 0 Å². The van der Waals surface area contributed by atoms with Crippen LogP contribution in [-0.4, -0.2) is 46.6 Å². The van der Waals surface area contributed by atoms with Gasteiger partial charge in [-0.05, 0) is 39.9 Å². The zero-order chi connectivity index (χ0) is 23.5. The Labute approximate surface area is 195 Å². The van der Waals surface area contributed by atoms with Gasteiger partial charge in [-0.1, -0.05) is 66.2 Å². The van der Waals surface area contributed by atoms with Gasteiger partial charge < -0.3 is 25.4 Å². The van der Waals surface area contributed by atoms with Gasteiger partial charge in [0.2, 0.25) is 0 Å². The van der Waals surface area contributed by atoms with E-state index in [-0.39, 0.29) is 35.2 Å². The molecule has 0 aliphatic heterocycles. The summed E-state index contributed by atoms with van der Waals surface area (Å²) in [6.45, 7) is -0.166. The molecule has 3 aromatic carbocycles. The van der Waals surface area contributed by atoms with Crippen LogP contribution in [0.2, 0.25) is 5.02 Å². The number of rotatable bonds is 7. The molecule has 2 unspecified atom stereocenters. The highest BCUT2D eigenvalue weighted by Gasteiger charge is 2.29. The molecule has 1 aliphatic rings. The summed E-state index contributed by atoms with van der Waals surface area (Å²) in [5, 5.41) is 32.2. The van der Waals surface area contributed by atoms with E-state index < -0.39 is 24.3 Å². The van der Waals surface area contributed by atoms with E-state index in [0.717, 1.165) is 22.3 Å². The standard InChI is InChI=1S/C25H22ClNO6/c26-21-10-9-14(11-19(21)24(30)31)23(29)22(28)12-27-25(32)33-13-20-17-7-3-1-5-15(17)16-6-2-4-8-18(16)20/h1-11,20,22-23,28-29H,12-13H2,(H,27,32)(H,30,31). The smallest absolute Gasteiger partial charge is 0.407 e. The minimum Gasteiger partial charge on any atom is -0.478 e. The Kier molecular flexibility index (Phi) is 6.65. The van der Waals surface area contributed by atoms with Gasteiger partial charge in [-0.15, -0.1) is 0 Å². The van der Waals surface area contributed by atoms with Crippen molar-refractivity contribution in [2.24, 2.45) is 0 Å². The minimum atomic E-state index is -1.42. The summed E-state index contributed by atoms with van der Waals surface area (Å²) in [4.78, 5) is 23.5. The van der Waals surface area contributed by atoms with E-state index in [1.54, 1.807) is 0 Å². The lowest BCUT2D eigenvalue weighted by Crippen LogP contribution is -2.36. The van der Waals surface area contributed by atoms with Gasteiger partial charge in [0.1, 0.15) is 18.8 Å². The zero-order valence-electron chi connectivity index (χ0n) is 17.4. The number of benzene rings is 3. The first-order chi connectivity index (χ1) is 15.9. The van der Waals surface area contributed by atoms with Crippen molar-refractivity contribution in [2.75, 3.05) is 13.2 Å². The molecule has 1 aliphatic carbocycles. The number of carbonyl (C=O) groups excluding carboxylic acids is 1. The van der Waals surface area contributed by atoms with Crippen LogP contribution in [-0.2, 0) is 4.74 Å². The first-order valence-electron chi connectivity index (χ1n) is 10.3. The molecule has 2 atom stereocenters. The van der Waals surface area contributed by atoms with E-state index in [9.17, 15) is 19.8 Å². The molecular weight excluding hydrogens is 446 g/mol. The highest BCUT2D eigenvalue weighted by atomic mass is 35.5. The highest BCUT2D eigenvalue weighted by molar-refractivity contribution is 6.33. The van der Waals surface area contributed by atoms with Crippen molar-refractivity contribution >= 4 is 23.7 Å². The third-order valence-electron chi connectivity index (χ3n) is 5.73. The molecule has 33 heavy (non-hydrogen) atoms. The SMILES string of the molecule is O=C(NCC(O)C(O)c1ccc(Cl)c(C(=O)O)c1)OCC1c2ccccc2-c2ccccc21. The van der Waals surface area contributed by atoms with E-state index in [4.69, 9.17) is 21.4 Å². The van der Waals surface area contributed by atoms with Crippen LogP contribution in [0, 0.1) is 0 Å². The molecule has 8 heteroatoms. The van der Waals surface area contributed by atoms with Crippen LogP contribution in [0.4, 0.5) is 4.79 Å². The first kappa shape index (κ1) is 22.8. The van der Waals surface area contributed by atoms with Crippen LogP contribution in [0.15, 0.2) is 66.7 Å². The summed E-state index contributed by atoms with van der Waals surface area (Å²) >= 11 is 5.83. The molecule has 1 amide bonds. The fourth-order valence-corrected chi connectivity index (χ4v) is 4.26. The summed E-state index contributed by atoms with van der Waals surface area (Å²) in [5.41, 5.74) is 4.37. The van der Waals surface area contributed by atoms with Crippen molar-refractivity contribution < 1.29 is 29.6 Å². The second-order valence-electron chi connectivity index (χ2n) is 7.76. The van der Waals surface area contributed by atoms with Crippen molar-refractivity contribution in [1.29, 1.82) is 0 Å².